The van der Waals surface area contributed by atoms with Gasteiger partial charge in [0, 0.05) is 26.3 Å². The van der Waals surface area contributed by atoms with Gasteiger partial charge in [0.2, 0.25) is 11.8 Å². The monoisotopic (exact) mass is 391 g/mol. The second-order valence-electron chi connectivity index (χ2n) is 6.61. The number of nitrogens with one attached hydrogen (secondary N) is 1. The SMILES string of the molecule is CCCCOC(=O)N1CCC(OC)c2ccccc2N(CC(=O)NC)C(=O)C1. The molecule has 0 spiro atoms. The van der Waals surface area contributed by atoms with Gasteiger partial charge in [-0.2, -0.15) is 0 Å². The van der Waals surface area contributed by atoms with Crippen molar-refractivity contribution in [1.82, 2.24) is 10.2 Å². The molecule has 3 amide bonds. The number of nitrogens with zero attached hydrogens (tertiary/aromatic N) is 2. The molecular weight excluding hydrogens is 362 g/mol. The van der Waals surface area contributed by atoms with Gasteiger partial charge in [-0.15, -0.1) is 0 Å². The lowest BCUT2D eigenvalue weighted by molar-refractivity contribution is -0.124. The van der Waals surface area contributed by atoms with E-state index in [2.05, 4.69) is 5.32 Å². The molecule has 2 rings (SSSR count). The summed E-state index contributed by atoms with van der Waals surface area (Å²) >= 11 is 0. The molecule has 0 saturated heterocycles. The molecule has 0 bridgehead atoms. The standard InChI is InChI=1S/C20H29N3O5/c1-4-5-12-28-20(26)22-11-10-17(27-3)15-8-6-7-9-16(15)23(19(25)14-22)13-18(24)21-2/h6-9,17H,4-5,10-14H2,1-3H3,(H,21,24). The van der Waals surface area contributed by atoms with Crippen molar-refractivity contribution in [2.75, 3.05) is 45.3 Å². The fraction of sp³-hybridized carbons (Fsp3) is 0.550. The Balaban J connectivity index is 2.34. The first kappa shape index (κ1) is 21.7. The number of para-hydroxylation sites is 1. The Morgan fingerprint density at radius 3 is 2.71 bits per heavy atom. The van der Waals surface area contributed by atoms with Crippen LogP contribution >= 0.6 is 0 Å². The fourth-order valence-electron chi connectivity index (χ4n) is 3.09. The van der Waals surface area contributed by atoms with E-state index in [1.807, 2.05) is 25.1 Å². The Bertz CT molecular complexity index is 694. The maximum Gasteiger partial charge on any atom is 0.410 e. The van der Waals surface area contributed by atoms with E-state index < -0.39 is 6.09 Å². The average Bonchev–Trinajstić information content (AvgIpc) is 2.76. The van der Waals surface area contributed by atoms with Crippen LogP contribution < -0.4 is 10.2 Å². The van der Waals surface area contributed by atoms with Crippen molar-refractivity contribution in [3.8, 4) is 0 Å². The van der Waals surface area contributed by atoms with E-state index in [4.69, 9.17) is 9.47 Å². The third kappa shape index (κ3) is 5.45. The molecule has 1 aromatic carbocycles. The smallest absolute Gasteiger partial charge is 0.410 e. The van der Waals surface area contributed by atoms with Crippen molar-refractivity contribution in [1.29, 1.82) is 0 Å². The zero-order valence-electron chi connectivity index (χ0n) is 16.8. The number of likely N-dealkylation sites (N-methyl/N-ethyl adjacent to an activating group) is 1. The van der Waals surface area contributed by atoms with Crippen LogP contribution in [-0.4, -0.2) is 63.2 Å². The number of hydrogen-bond acceptors (Lipinski definition) is 5. The number of rotatable bonds is 6. The molecule has 8 nitrogen and oxygen atoms in total. The van der Waals surface area contributed by atoms with Crippen LogP contribution in [0.3, 0.4) is 0 Å². The van der Waals surface area contributed by atoms with Crippen LogP contribution in [-0.2, 0) is 19.1 Å². The number of ether oxygens (including phenoxy) is 2. The summed E-state index contributed by atoms with van der Waals surface area (Å²) in [7, 11) is 3.11. The molecule has 0 aromatic heterocycles. The Morgan fingerprint density at radius 2 is 2.04 bits per heavy atom. The second kappa shape index (κ2) is 10.7. The number of benzene rings is 1. The van der Waals surface area contributed by atoms with E-state index in [0.29, 0.717) is 25.3 Å². The molecule has 1 aliphatic rings. The van der Waals surface area contributed by atoms with Gasteiger partial charge in [0.15, 0.2) is 0 Å². The highest BCUT2D eigenvalue weighted by Crippen LogP contribution is 2.32. The fourth-order valence-corrected chi connectivity index (χ4v) is 3.09. The first-order valence-corrected chi connectivity index (χ1v) is 9.56. The summed E-state index contributed by atoms with van der Waals surface area (Å²) in [4.78, 5) is 40.3. The Morgan fingerprint density at radius 1 is 1.29 bits per heavy atom. The van der Waals surface area contributed by atoms with Gasteiger partial charge >= 0.3 is 6.09 Å². The van der Waals surface area contributed by atoms with Crippen molar-refractivity contribution in [3.63, 3.8) is 0 Å². The summed E-state index contributed by atoms with van der Waals surface area (Å²) in [6.07, 6.45) is 1.34. The van der Waals surface area contributed by atoms with Crippen molar-refractivity contribution in [2.24, 2.45) is 0 Å². The van der Waals surface area contributed by atoms with Crippen molar-refractivity contribution in [2.45, 2.75) is 32.3 Å². The summed E-state index contributed by atoms with van der Waals surface area (Å²) < 4.78 is 10.9. The van der Waals surface area contributed by atoms with Crippen molar-refractivity contribution < 1.29 is 23.9 Å². The Hall–Kier alpha value is -2.61. The maximum atomic E-state index is 13.0. The number of unbranched alkanes of at least 4 members (excludes halogenated alkanes) is 1. The number of fused-ring (bicyclic) bond motifs is 1. The molecule has 1 aliphatic heterocycles. The summed E-state index contributed by atoms with van der Waals surface area (Å²) in [5.41, 5.74) is 1.42. The Kier molecular flexibility index (Phi) is 8.25. The van der Waals surface area contributed by atoms with Crippen LogP contribution in [0.25, 0.3) is 0 Å². The first-order valence-electron chi connectivity index (χ1n) is 9.56. The summed E-state index contributed by atoms with van der Waals surface area (Å²) in [5.74, 6) is -0.645. The summed E-state index contributed by atoms with van der Waals surface area (Å²) in [6.45, 7) is 2.34. The van der Waals surface area contributed by atoms with Crippen LogP contribution in [0.15, 0.2) is 24.3 Å². The first-order chi connectivity index (χ1) is 13.5. The molecular formula is C20H29N3O5. The zero-order chi connectivity index (χ0) is 20.5. The van der Waals surface area contributed by atoms with E-state index in [-0.39, 0.29) is 31.0 Å². The van der Waals surface area contributed by atoms with Gasteiger partial charge in [-0.3, -0.25) is 14.5 Å². The lowest BCUT2D eigenvalue weighted by Gasteiger charge is -2.26. The molecule has 28 heavy (non-hydrogen) atoms. The number of methoxy groups -OCH3 is 1. The highest BCUT2D eigenvalue weighted by molar-refractivity contribution is 6.01. The number of carbonyl (C=O) groups is 3. The highest BCUT2D eigenvalue weighted by atomic mass is 16.6. The van der Waals surface area contributed by atoms with Gasteiger partial charge in [0.05, 0.1) is 18.4 Å². The Labute approximate surface area is 165 Å². The topological polar surface area (TPSA) is 88.2 Å². The predicted octanol–water partition coefficient (Wildman–Crippen LogP) is 2.10. The van der Waals surface area contributed by atoms with Gasteiger partial charge in [-0.1, -0.05) is 31.5 Å². The zero-order valence-corrected chi connectivity index (χ0v) is 16.8. The third-order valence-corrected chi connectivity index (χ3v) is 4.71. The number of carbonyl (C=O) groups excluding carboxylic acids is 3. The summed E-state index contributed by atoms with van der Waals surface area (Å²) in [5, 5.41) is 2.54. The minimum Gasteiger partial charge on any atom is -0.449 e. The van der Waals surface area contributed by atoms with Crippen LogP contribution in [0.4, 0.5) is 10.5 Å². The molecule has 1 unspecified atom stereocenters. The highest BCUT2D eigenvalue weighted by Gasteiger charge is 2.30. The van der Waals surface area contributed by atoms with Crippen molar-refractivity contribution in [3.05, 3.63) is 29.8 Å². The number of anilines is 1. The normalized spacial score (nSPS) is 17.2. The second-order valence-corrected chi connectivity index (χ2v) is 6.61. The van der Waals surface area contributed by atoms with E-state index in [1.54, 1.807) is 13.2 Å². The number of hydrogen-bond donors (Lipinski definition) is 1. The van der Waals surface area contributed by atoms with Crippen LogP contribution in [0.1, 0.15) is 37.9 Å². The van der Waals surface area contributed by atoms with Crippen LogP contribution in [0, 0.1) is 0 Å². The lowest BCUT2D eigenvalue weighted by Crippen LogP contribution is -2.46. The minimum absolute atomic E-state index is 0.137. The van der Waals surface area contributed by atoms with Gasteiger partial charge in [0.25, 0.3) is 0 Å². The molecule has 1 atom stereocenters. The van der Waals surface area contributed by atoms with Gasteiger partial charge in [0.1, 0.15) is 13.1 Å². The average molecular weight is 391 g/mol. The quantitative estimate of drug-likeness (QED) is 0.750. The van der Waals surface area contributed by atoms with Crippen LogP contribution in [0.2, 0.25) is 0 Å². The third-order valence-electron chi connectivity index (χ3n) is 4.71. The van der Waals surface area contributed by atoms with E-state index >= 15 is 0 Å². The van der Waals surface area contributed by atoms with Gasteiger partial charge < -0.3 is 19.7 Å². The molecule has 0 radical (unpaired) electrons. The van der Waals surface area contributed by atoms with E-state index in [0.717, 1.165) is 18.4 Å². The predicted molar refractivity (Wildman–Crippen MR) is 105 cm³/mol. The summed E-state index contributed by atoms with van der Waals surface area (Å²) in [6, 6.07) is 7.34. The maximum absolute atomic E-state index is 13.0. The van der Waals surface area contributed by atoms with Crippen molar-refractivity contribution >= 4 is 23.6 Å². The molecule has 1 aromatic rings. The lowest BCUT2D eigenvalue weighted by atomic mass is 10.0. The molecule has 1 N–H and O–H groups in total. The van der Waals surface area contributed by atoms with Gasteiger partial charge in [-0.05, 0) is 18.9 Å². The largest absolute Gasteiger partial charge is 0.449 e. The molecule has 8 heteroatoms. The molecule has 154 valence electrons. The number of amides is 3. The van der Waals surface area contributed by atoms with E-state index in [9.17, 15) is 14.4 Å². The molecule has 0 saturated carbocycles. The molecule has 1 heterocycles. The van der Waals surface area contributed by atoms with E-state index in [1.165, 1.54) is 16.8 Å². The van der Waals surface area contributed by atoms with Gasteiger partial charge in [-0.25, -0.2) is 4.79 Å². The molecule has 0 fully saturated rings. The minimum atomic E-state index is -0.525. The molecule has 0 aliphatic carbocycles. The van der Waals surface area contributed by atoms with Crippen LogP contribution in [0.5, 0.6) is 0 Å².